The summed E-state index contributed by atoms with van der Waals surface area (Å²) in [4.78, 5) is 13.1. The van der Waals surface area contributed by atoms with Crippen LogP contribution in [0.4, 0.5) is 17.5 Å². The molecule has 2 aromatic heterocycles. The van der Waals surface area contributed by atoms with Gasteiger partial charge in [0.05, 0.1) is 5.52 Å². The van der Waals surface area contributed by atoms with E-state index in [-0.39, 0.29) is 6.61 Å². The first-order chi connectivity index (χ1) is 14.8. The number of nitrogens with one attached hydrogen (secondary N) is 3. The van der Waals surface area contributed by atoms with E-state index in [0.29, 0.717) is 11.0 Å². The van der Waals surface area contributed by atoms with Crippen LogP contribution in [0.15, 0.2) is 42.7 Å². The molecule has 30 heavy (non-hydrogen) atoms. The van der Waals surface area contributed by atoms with E-state index >= 15 is 0 Å². The van der Waals surface area contributed by atoms with E-state index in [2.05, 4.69) is 30.9 Å². The molecule has 3 aromatic rings. The standard InChI is InChI=1S/C22H29ClN6O/c23-17-6-7-18-19(8-13-25-20(18)16-17)24-11-5-12-26-21-9-14-28-22(29-21)27-10-3-1-2-4-15-30/h6-9,13-14,16,30H,1-5,10-12,15H2,(H,24,25)(H2,26,27,28,29). The summed E-state index contributed by atoms with van der Waals surface area (Å²) in [5.74, 6) is 1.46. The van der Waals surface area contributed by atoms with Gasteiger partial charge in [-0.05, 0) is 49.6 Å². The molecule has 8 heteroatoms. The fourth-order valence-electron chi connectivity index (χ4n) is 3.14. The lowest BCUT2D eigenvalue weighted by molar-refractivity contribution is 0.283. The van der Waals surface area contributed by atoms with Crippen LogP contribution in [0, 0.1) is 0 Å². The number of hydrogen-bond donors (Lipinski definition) is 4. The minimum Gasteiger partial charge on any atom is -0.396 e. The fraction of sp³-hybridized carbons (Fsp3) is 0.409. The van der Waals surface area contributed by atoms with Crippen LogP contribution in [0.2, 0.25) is 5.02 Å². The average molecular weight is 429 g/mol. The Bertz CT molecular complexity index is 923. The molecule has 0 spiro atoms. The van der Waals surface area contributed by atoms with Gasteiger partial charge in [0.25, 0.3) is 0 Å². The van der Waals surface area contributed by atoms with E-state index in [4.69, 9.17) is 16.7 Å². The van der Waals surface area contributed by atoms with Crippen molar-refractivity contribution in [3.63, 3.8) is 0 Å². The number of unbranched alkanes of at least 4 members (excludes halogenated alkanes) is 3. The van der Waals surface area contributed by atoms with Gasteiger partial charge in [-0.3, -0.25) is 4.98 Å². The van der Waals surface area contributed by atoms with Crippen molar-refractivity contribution in [1.82, 2.24) is 15.0 Å². The van der Waals surface area contributed by atoms with E-state index in [1.54, 1.807) is 12.4 Å². The third kappa shape index (κ3) is 7.00. The summed E-state index contributed by atoms with van der Waals surface area (Å²) in [6.45, 7) is 2.75. The van der Waals surface area contributed by atoms with Gasteiger partial charge in [-0.2, -0.15) is 4.98 Å². The third-order valence-electron chi connectivity index (χ3n) is 4.70. The van der Waals surface area contributed by atoms with Crippen molar-refractivity contribution in [2.75, 3.05) is 42.2 Å². The number of aliphatic hydroxyl groups excluding tert-OH is 1. The Morgan fingerprint density at radius 2 is 1.60 bits per heavy atom. The Kier molecular flexibility index (Phi) is 8.93. The van der Waals surface area contributed by atoms with Crippen molar-refractivity contribution in [2.45, 2.75) is 32.1 Å². The topological polar surface area (TPSA) is 95.0 Å². The Morgan fingerprint density at radius 1 is 0.800 bits per heavy atom. The number of fused-ring (bicyclic) bond motifs is 1. The summed E-state index contributed by atoms with van der Waals surface area (Å²) in [6.07, 6.45) is 8.56. The predicted octanol–water partition coefficient (Wildman–Crippen LogP) is 4.56. The van der Waals surface area contributed by atoms with Crippen LogP contribution in [-0.2, 0) is 0 Å². The second-order valence-electron chi connectivity index (χ2n) is 7.06. The van der Waals surface area contributed by atoms with Crippen LogP contribution in [-0.4, -0.2) is 46.3 Å². The molecule has 0 bridgehead atoms. The highest BCUT2D eigenvalue weighted by molar-refractivity contribution is 6.31. The van der Waals surface area contributed by atoms with Gasteiger partial charge >= 0.3 is 0 Å². The first-order valence-electron chi connectivity index (χ1n) is 10.5. The molecule has 2 heterocycles. The maximum Gasteiger partial charge on any atom is 0.224 e. The van der Waals surface area contributed by atoms with Crippen molar-refractivity contribution in [1.29, 1.82) is 0 Å². The molecule has 1 aromatic carbocycles. The molecule has 0 atom stereocenters. The number of rotatable bonds is 13. The maximum absolute atomic E-state index is 8.79. The summed E-state index contributed by atoms with van der Waals surface area (Å²) in [6, 6.07) is 9.61. The first kappa shape index (κ1) is 22.1. The Morgan fingerprint density at radius 3 is 2.50 bits per heavy atom. The lowest BCUT2D eigenvalue weighted by Gasteiger charge is -2.11. The minimum atomic E-state index is 0.272. The Labute approximate surface area is 182 Å². The zero-order valence-electron chi connectivity index (χ0n) is 17.1. The number of nitrogens with zero attached hydrogens (tertiary/aromatic N) is 3. The Hall–Kier alpha value is -2.64. The van der Waals surface area contributed by atoms with Gasteiger partial charge in [0, 0.05) is 54.7 Å². The van der Waals surface area contributed by atoms with Crippen LogP contribution in [0.3, 0.4) is 0 Å². The van der Waals surface area contributed by atoms with Crippen LogP contribution < -0.4 is 16.0 Å². The number of pyridine rings is 1. The van der Waals surface area contributed by atoms with Gasteiger partial charge < -0.3 is 21.1 Å². The highest BCUT2D eigenvalue weighted by Crippen LogP contribution is 2.24. The summed E-state index contributed by atoms with van der Waals surface area (Å²) >= 11 is 6.05. The highest BCUT2D eigenvalue weighted by atomic mass is 35.5. The maximum atomic E-state index is 8.79. The van der Waals surface area contributed by atoms with E-state index in [9.17, 15) is 0 Å². The SMILES string of the molecule is OCCCCCCNc1nccc(NCCCNc2ccnc3cc(Cl)ccc23)n1. The summed E-state index contributed by atoms with van der Waals surface area (Å²) in [7, 11) is 0. The van der Waals surface area contributed by atoms with Crippen LogP contribution in [0.25, 0.3) is 10.9 Å². The lowest BCUT2D eigenvalue weighted by Crippen LogP contribution is -2.11. The van der Waals surface area contributed by atoms with Crippen LogP contribution in [0.1, 0.15) is 32.1 Å². The van der Waals surface area contributed by atoms with E-state index in [1.165, 1.54) is 0 Å². The van der Waals surface area contributed by atoms with E-state index < -0.39 is 0 Å². The van der Waals surface area contributed by atoms with Gasteiger partial charge in [-0.1, -0.05) is 24.4 Å². The number of anilines is 3. The monoisotopic (exact) mass is 428 g/mol. The zero-order chi connectivity index (χ0) is 21.0. The molecule has 0 unspecified atom stereocenters. The number of aromatic nitrogens is 3. The molecule has 0 radical (unpaired) electrons. The third-order valence-corrected chi connectivity index (χ3v) is 4.94. The number of halogens is 1. The highest BCUT2D eigenvalue weighted by Gasteiger charge is 2.03. The van der Waals surface area contributed by atoms with Crippen molar-refractivity contribution in [3.8, 4) is 0 Å². The second kappa shape index (κ2) is 12.1. The average Bonchev–Trinajstić information content (AvgIpc) is 2.76. The largest absolute Gasteiger partial charge is 0.396 e. The summed E-state index contributed by atoms with van der Waals surface area (Å²) in [5.41, 5.74) is 1.95. The molecule has 3 rings (SSSR count). The number of benzene rings is 1. The summed E-state index contributed by atoms with van der Waals surface area (Å²) < 4.78 is 0. The fourth-order valence-corrected chi connectivity index (χ4v) is 3.30. The first-order valence-corrected chi connectivity index (χ1v) is 10.8. The molecule has 0 amide bonds. The molecular formula is C22H29ClN6O. The van der Waals surface area contributed by atoms with Crippen LogP contribution >= 0.6 is 11.6 Å². The van der Waals surface area contributed by atoms with Gasteiger partial charge in [0.1, 0.15) is 5.82 Å². The van der Waals surface area contributed by atoms with Gasteiger partial charge in [-0.25, -0.2) is 4.98 Å². The number of hydrogen-bond acceptors (Lipinski definition) is 7. The van der Waals surface area contributed by atoms with Gasteiger partial charge in [0.15, 0.2) is 0 Å². The van der Waals surface area contributed by atoms with Crippen molar-refractivity contribution in [2.24, 2.45) is 0 Å². The van der Waals surface area contributed by atoms with Crippen molar-refractivity contribution >= 4 is 40.0 Å². The molecule has 0 aliphatic rings. The Balaban J connectivity index is 1.38. The molecule has 0 saturated carbocycles. The lowest BCUT2D eigenvalue weighted by atomic mass is 10.2. The molecule has 160 valence electrons. The van der Waals surface area contributed by atoms with Gasteiger partial charge in [-0.15, -0.1) is 0 Å². The summed E-state index contributed by atoms with van der Waals surface area (Å²) in [5, 5.41) is 20.6. The predicted molar refractivity (Wildman–Crippen MR) is 124 cm³/mol. The van der Waals surface area contributed by atoms with Gasteiger partial charge in [0.2, 0.25) is 5.95 Å². The zero-order valence-corrected chi connectivity index (χ0v) is 17.8. The normalized spacial score (nSPS) is 10.9. The second-order valence-corrected chi connectivity index (χ2v) is 7.49. The smallest absolute Gasteiger partial charge is 0.224 e. The molecule has 4 N–H and O–H groups in total. The molecule has 0 fully saturated rings. The number of aliphatic hydroxyl groups is 1. The van der Waals surface area contributed by atoms with Crippen molar-refractivity contribution < 1.29 is 5.11 Å². The van der Waals surface area contributed by atoms with Crippen molar-refractivity contribution in [3.05, 3.63) is 47.7 Å². The van der Waals surface area contributed by atoms with E-state index in [1.807, 2.05) is 30.3 Å². The molecule has 0 aliphatic carbocycles. The molecular weight excluding hydrogens is 400 g/mol. The minimum absolute atomic E-state index is 0.272. The van der Waals surface area contributed by atoms with E-state index in [0.717, 1.165) is 74.1 Å². The molecule has 7 nitrogen and oxygen atoms in total. The van der Waals surface area contributed by atoms with Crippen LogP contribution in [0.5, 0.6) is 0 Å². The molecule has 0 saturated heterocycles. The quantitative estimate of drug-likeness (QED) is 0.296. The molecule has 0 aliphatic heterocycles.